The monoisotopic (exact) mass is 518 g/mol. The Hall–Kier alpha value is -2.04. The SMILES string of the molecule is C=CCc1cc(OC)c(O[C@@H]2O[C@H](CO[C@@H]3O[C@H](CO)[C@@H](O)[C@H](O)[C@H]3O)[C@@H](O)[C@H](O)[C@H]2O)c(OC)c1. The van der Waals surface area contributed by atoms with Gasteiger partial charge in [-0.1, -0.05) is 6.08 Å². The number of rotatable bonds is 10. The quantitative estimate of drug-likeness (QED) is 0.160. The Morgan fingerprint density at radius 2 is 1.33 bits per heavy atom. The topological polar surface area (TPSA) is 197 Å². The predicted octanol–water partition coefficient (Wildman–Crippen LogP) is -2.56. The summed E-state index contributed by atoms with van der Waals surface area (Å²) in [4.78, 5) is 0. The first-order valence-electron chi connectivity index (χ1n) is 11.3. The summed E-state index contributed by atoms with van der Waals surface area (Å²) in [6.07, 6.45) is -13.2. The van der Waals surface area contributed by atoms with Crippen molar-refractivity contribution in [2.24, 2.45) is 0 Å². The van der Waals surface area contributed by atoms with Crippen molar-refractivity contribution in [2.45, 2.75) is 67.8 Å². The molecule has 204 valence electrons. The highest BCUT2D eigenvalue weighted by atomic mass is 16.7. The van der Waals surface area contributed by atoms with E-state index in [1.807, 2.05) is 0 Å². The van der Waals surface area contributed by atoms with Gasteiger partial charge in [-0.25, -0.2) is 0 Å². The third-order valence-corrected chi connectivity index (χ3v) is 6.08. The van der Waals surface area contributed by atoms with E-state index in [4.69, 9.17) is 28.4 Å². The molecule has 2 saturated heterocycles. The van der Waals surface area contributed by atoms with E-state index >= 15 is 0 Å². The van der Waals surface area contributed by atoms with Crippen LogP contribution in [0.3, 0.4) is 0 Å². The fourth-order valence-electron chi connectivity index (χ4n) is 4.00. The average Bonchev–Trinajstić information content (AvgIpc) is 2.88. The van der Waals surface area contributed by atoms with Gasteiger partial charge in [-0.05, 0) is 24.1 Å². The lowest BCUT2D eigenvalue weighted by Crippen LogP contribution is -2.62. The molecule has 3 rings (SSSR count). The Bertz CT molecular complexity index is 839. The number of methoxy groups -OCH3 is 2. The molecular weight excluding hydrogens is 484 g/mol. The van der Waals surface area contributed by atoms with Gasteiger partial charge in [0, 0.05) is 0 Å². The van der Waals surface area contributed by atoms with E-state index in [2.05, 4.69) is 6.58 Å². The fraction of sp³-hybridized carbons (Fsp3) is 0.652. The molecule has 1 aromatic rings. The van der Waals surface area contributed by atoms with Crippen LogP contribution in [0.15, 0.2) is 24.8 Å². The number of aliphatic hydroxyl groups is 7. The largest absolute Gasteiger partial charge is 0.493 e. The van der Waals surface area contributed by atoms with Crippen LogP contribution in [0, 0.1) is 0 Å². The van der Waals surface area contributed by atoms with Crippen LogP contribution < -0.4 is 14.2 Å². The Morgan fingerprint density at radius 1 is 0.806 bits per heavy atom. The lowest BCUT2D eigenvalue weighted by Gasteiger charge is -2.42. The van der Waals surface area contributed by atoms with Gasteiger partial charge in [0.05, 0.1) is 27.4 Å². The molecule has 10 atom stereocenters. The molecule has 0 spiro atoms. The molecule has 0 aliphatic carbocycles. The Labute approximate surface area is 207 Å². The molecule has 36 heavy (non-hydrogen) atoms. The summed E-state index contributed by atoms with van der Waals surface area (Å²) in [5, 5.41) is 70.6. The second-order valence-corrected chi connectivity index (χ2v) is 8.49. The highest BCUT2D eigenvalue weighted by Gasteiger charge is 2.48. The normalized spacial score (nSPS) is 36.8. The van der Waals surface area contributed by atoms with E-state index in [0.717, 1.165) is 5.56 Å². The van der Waals surface area contributed by atoms with Crippen LogP contribution in [0.1, 0.15) is 5.56 Å². The van der Waals surface area contributed by atoms with Crippen molar-refractivity contribution in [1.82, 2.24) is 0 Å². The average molecular weight is 519 g/mol. The Morgan fingerprint density at radius 3 is 1.86 bits per heavy atom. The second-order valence-electron chi connectivity index (χ2n) is 8.49. The van der Waals surface area contributed by atoms with Gasteiger partial charge in [0.1, 0.15) is 48.8 Å². The molecule has 2 aliphatic heterocycles. The molecule has 2 aliphatic rings. The maximum absolute atomic E-state index is 10.5. The van der Waals surface area contributed by atoms with E-state index in [1.165, 1.54) is 14.2 Å². The summed E-state index contributed by atoms with van der Waals surface area (Å²) in [5.74, 6) is 0.600. The Balaban J connectivity index is 1.75. The Kier molecular flexibility index (Phi) is 9.88. The first kappa shape index (κ1) is 28.5. The lowest BCUT2D eigenvalue weighted by atomic mass is 9.98. The lowest BCUT2D eigenvalue weighted by molar-refractivity contribution is -0.323. The molecule has 1 aromatic carbocycles. The molecule has 0 radical (unpaired) electrons. The van der Waals surface area contributed by atoms with Gasteiger partial charge >= 0.3 is 0 Å². The molecule has 13 heteroatoms. The van der Waals surface area contributed by atoms with Crippen LogP contribution >= 0.6 is 0 Å². The third-order valence-electron chi connectivity index (χ3n) is 6.08. The van der Waals surface area contributed by atoms with Crippen molar-refractivity contribution in [2.75, 3.05) is 27.4 Å². The first-order chi connectivity index (χ1) is 17.2. The number of ether oxygens (including phenoxy) is 6. The van der Waals surface area contributed by atoms with Crippen LogP contribution in [-0.2, 0) is 20.6 Å². The molecule has 0 aromatic heterocycles. The number of hydrogen-bond donors (Lipinski definition) is 7. The number of allylic oxidation sites excluding steroid dienone is 1. The fourth-order valence-corrected chi connectivity index (χ4v) is 4.00. The summed E-state index contributed by atoms with van der Waals surface area (Å²) in [6.45, 7) is 2.56. The summed E-state index contributed by atoms with van der Waals surface area (Å²) in [6, 6.07) is 3.36. The molecule has 2 heterocycles. The van der Waals surface area contributed by atoms with Gasteiger partial charge in [0.15, 0.2) is 17.8 Å². The molecule has 2 fully saturated rings. The zero-order chi connectivity index (χ0) is 26.6. The highest BCUT2D eigenvalue weighted by molar-refractivity contribution is 5.54. The molecule has 7 N–H and O–H groups in total. The van der Waals surface area contributed by atoms with Crippen LogP contribution in [-0.4, -0.2) is 125 Å². The maximum atomic E-state index is 10.5. The molecular formula is C23H34O13. The van der Waals surface area contributed by atoms with Crippen LogP contribution in [0.25, 0.3) is 0 Å². The first-order valence-corrected chi connectivity index (χ1v) is 11.3. The number of benzene rings is 1. The van der Waals surface area contributed by atoms with Crippen molar-refractivity contribution in [3.05, 3.63) is 30.4 Å². The molecule has 0 bridgehead atoms. The van der Waals surface area contributed by atoms with E-state index < -0.39 is 74.6 Å². The zero-order valence-corrected chi connectivity index (χ0v) is 19.9. The molecule has 13 nitrogen and oxygen atoms in total. The van der Waals surface area contributed by atoms with Gasteiger partial charge in [-0.2, -0.15) is 0 Å². The van der Waals surface area contributed by atoms with E-state index in [0.29, 0.717) is 6.42 Å². The minimum absolute atomic E-state index is 0.0778. The van der Waals surface area contributed by atoms with Gasteiger partial charge in [0.2, 0.25) is 12.0 Å². The van der Waals surface area contributed by atoms with Crippen LogP contribution in [0.5, 0.6) is 17.2 Å². The third kappa shape index (κ3) is 5.92. The maximum Gasteiger partial charge on any atom is 0.229 e. The predicted molar refractivity (Wildman–Crippen MR) is 120 cm³/mol. The number of hydrogen-bond acceptors (Lipinski definition) is 13. The summed E-state index contributed by atoms with van der Waals surface area (Å²) < 4.78 is 32.9. The van der Waals surface area contributed by atoms with Crippen molar-refractivity contribution in [3.8, 4) is 17.2 Å². The summed E-state index contributed by atoms with van der Waals surface area (Å²) in [5.41, 5.74) is 0.817. The van der Waals surface area contributed by atoms with Crippen molar-refractivity contribution in [1.29, 1.82) is 0 Å². The zero-order valence-electron chi connectivity index (χ0n) is 19.9. The highest BCUT2D eigenvalue weighted by Crippen LogP contribution is 2.40. The van der Waals surface area contributed by atoms with E-state index in [9.17, 15) is 35.7 Å². The molecule has 0 amide bonds. The minimum atomic E-state index is -1.70. The van der Waals surface area contributed by atoms with Crippen molar-refractivity contribution < 1.29 is 64.2 Å². The van der Waals surface area contributed by atoms with E-state index in [-0.39, 0.29) is 17.2 Å². The number of aliphatic hydroxyl groups excluding tert-OH is 7. The van der Waals surface area contributed by atoms with Crippen molar-refractivity contribution >= 4 is 0 Å². The van der Waals surface area contributed by atoms with Crippen LogP contribution in [0.4, 0.5) is 0 Å². The minimum Gasteiger partial charge on any atom is -0.493 e. The standard InChI is InChI=1S/C23H34O13/c1-4-5-10-6-11(31-2)21(12(7-10)32-3)36-23-20(30)18(28)16(26)14(35-23)9-33-22-19(29)17(27)15(25)13(8-24)34-22/h4,6-7,13-20,22-30H,1,5,8-9H2,2-3H3/t13-,14-,15-,16-,17+,18+,19-,20-,22-,23+/m1/s1. The second kappa shape index (κ2) is 12.5. The van der Waals surface area contributed by atoms with Gasteiger partial charge < -0.3 is 64.2 Å². The summed E-state index contributed by atoms with van der Waals surface area (Å²) >= 11 is 0. The molecule has 0 saturated carbocycles. The summed E-state index contributed by atoms with van der Waals surface area (Å²) in [7, 11) is 2.82. The van der Waals surface area contributed by atoms with Crippen LogP contribution in [0.2, 0.25) is 0 Å². The molecule has 0 unspecified atom stereocenters. The van der Waals surface area contributed by atoms with Gasteiger partial charge in [0.25, 0.3) is 0 Å². The van der Waals surface area contributed by atoms with E-state index in [1.54, 1.807) is 18.2 Å². The smallest absolute Gasteiger partial charge is 0.229 e. The van der Waals surface area contributed by atoms with Crippen molar-refractivity contribution in [3.63, 3.8) is 0 Å². The van der Waals surface area contributed by atoms with Gasteiger partial charge in [-0.3, -0.25) is 0 Å². The van der Waals surface area contributed by atoms with Gasteiger partial charge in [-0.15, -0.1) is 6.58 Å².